The molecule has 2 aliphatic rings. The van der Waals surface area contributed by atoms with E-state index in [4.69, 9.17) is 14.5 Å². The number of ether oxygens (including phenoxy) is 2. The summed E-state index contributed by atoms with van der Waals surface area (Å²) in [7, 11) is 1.45. The normalized spacial score (nSPS) is 16.5. The first-order valence-corrected chi connectivity index (χ1v) is 10.8. The van der Waals surface area contributed by atoms with Gasteiger partial charge in [0.15, 0.2) is 5.75 Å². The van der Waals surface area contributed by atoms with E-state index < -0.39 is 5.41 Å². The highest BCUT2D eigenvalue weighted by Gasteiger charge is 2.33. The molecule has 1 fully saturated rings. The molecule has 0 N–H and O–H groups in total. The van der Waals surface area contributed by atoms with Gasteiger partial charge in [-0.25, -0.2) is 4.99 Å². The van der Waals surface area contributed by atoms with Crippen molar-refractivity contribution in [3.63, 3.8) is 0 Å². The van der Waals surface area contributed by atoms with E-state index in [1.54, 1.807) is 0 Å². The molecule has 0 aliphatic carbocycles. The van der Waals surface area contributed by atoms with Crippen molar-refractivity contribution in [2.24, 2.45) is 10.4 Å². The van der Waals surface area contributed by atoms with E-state index in [9.17, 15) is 4.79 Å². The van der Waals surface area contributed by atoms with Gasteiger partial charge in [-0.15, -0.1) is 0 Å². The number of esters is 1. The lowest BCUT2D eigenvalue weighted by Crippen LogP contribution is -2.52. The summed E-state index contributed by atoms with van der Waals surface area (Å²) in [5.41, 5.74) is 3.65. The molecule has 2 aromatic rings. The Morgan fingerprint density at radius 1 is 1.03 bits per heavy atom. The maximum atomic E-state index is 12.1. The number of benzene rings is 2. The number of hydrogen-bond acceptors (Lipinski definition) is 6. The van der Waals surface area contributed by atoms with Gasteiger partial charge >= 0.3 is 5.97 Å². The second kappa shape index (κ2) is 8.35. The third kappa shape index (κ3) is 4.44. The van der Waals surface area contributed by atoms with Gasteiger partial charge in [-0.05, 0) is 63.1 Å². The molecule has 6 heteroatoms. The molecule has 0 saturated carbocycles. The monoisotopic (exact) mass is 421 g/mol. The molecule has 0 amide bonds. The zero-order chi connectivity index (χ0) is 22.2. The number of rotatable bonds is 3. The number of nitrogens with zero attached hydrogens (tertiary/aromatic N) is 3. The number of aryl methyl sites for hydroxylation is 2. The zero-order valence-corrected chi connectivity index (χ0v) is 19.1. The van der Waals surface area contributed by atoms with Crippen molar-refractivity contribution in [3.8, 4) is 11.5 Å². The highest BCUT2D eigenvalue weighted by molar-refractivity contribution is 6.03. The van der Waals surface area contributed by atoms with Crippen LogP contribution in [0.3, 0.4) is 0 Å². The Kier molecular flexibility index (Phi) is 5.75. The summed E-state index contributed by atoms with van der Waals surface area (Å²) >= 11 is 0. The van der Waals surface area contributed by atoms with E-state index >= 15 is 0 Å². The molecule has 0 aromatic heterocycles. The Bertz CT molecular complexity index is 1020. The molecular weight excluding hydrogens is 390 g/mol. The van der Waals surface area contributed by atoms with Crippen LogP contribution in [0.1, 0.15) is 30.5 Å². The predicted molar refractivity (Wildman–Crippen MR) is 122 cm³/mol. The summed E-state index contributed by atoms with van der Waals surface area (Å²) in [5.74, 6) is 2.42. The Balaban J connectivity index is 1.59. The first kappa shape index (κ1) is 21.4. The van der Waals surface area contributed by atoms with E-state index in [-0.39, 0.29) is 5.97 Å². The molecule has 0 spiro atoms. The van der Waals surface area contributed by atoms with Crippen molar-refractivity contribution in [2.45, 2.75) is 27.7 Å². The van der Waals surface area contributed by atoms with Crippen LogP contribution in [0.15, 0.2) is 41.4 Å². The Hall–Kier alpha value is -2.86. The number of carbonyl (C=O) groups is 1. The van der Waals surface area contributed by atoms with Gasteiger partial charge in [0, 0.05) is 32.7 Å². The van der Waals surface area contributed by atoms with Gasteiger partial charge in [-0.3, -0.25) is 9.69 Å². The number of fused-ring (bicyclic) bond motifs is 2. The topological polar surface area (TPSA) is 54.4 Å². The first-order chi connectivity index (χ1) is 14.8. The number of hydrogen-bond donors (Lipinski definition) is 0. The third-order valence-corrected chi connectivity index (χ3v) is 5.97. The fraction of sp³-hybridized carbons (Fsp3) is 0.440. The molecule has 0 radical (unpaired) electrons. The second-order valence-corrected chi connectivity index (χ2v) is 9.15. The molecule has 2 heterocycles. The average Bonchev–Trinajstić information content (AvgIpc) is 2.89. The van der Waals surface area contributed by atoms with Gasteiger partial charge in [-0.1, -0.05) is 12.1 Å². The van der Waals surface area contributed by atoms with Crippen LogP contribution in [0.2, 0.25) is 0 Å². The molecule has 2 aromatic carbocycles. The van der Waals surface area contributed by atoms with Gasteiger partial charge in [-0.2, -0.15) is 0 Å². The minimum Gasteiger partial charge on any atom is -0.469 e. The molecule has 6 nitrogen and oxygen atoms in total. The Morgan fingerprint density at radius 2 is 1.68 bits per heavy atom. The highest BCUT2D eigenvalue weighted by atomic mass is 16.5. The molecule has 4 rings (SSSR count). The van der Waals surface area contributed by atoms with Gasteiger partial charge in [0.2, 0.25) is 0 Å². The van der Waals surface area contributed by atoms with E-state index in [2.05, 4.69) is 47.9 Å². The van der Waals surface area contributed by atoms with Gasteiger partial charge in [0.05, 0.1) is 18.1 Å². The zero-order valence-electron chi connectivity index (χ0n) is 19.1. The van der Waals surface area contributed by atoms with E-state index in [1.807, 2.05) is 26.0 Å². The molecule has 0 unspecified atom stereocenters. The molecule has 2 aliphatic heterocycles. The lowest BCUT2D eigenvalue weighted by molar-refractivity contribution is -0.152. The van der Waals surface area contributed by atoms with Crippen molar-refractivity contribution in [3.05, 3.63) is 53.1 Å². The minimum absolute atomic E-state index is 0.170. The van der Waals surface area contributed by atoms with Crippen molar-refractivity contribution in [1.29, 1.82) is 0 Å². The molecule has 164 valence electrons. The fourth-order valence-electron chi connectivity index (χ4n) is 4.25. The minimum atomic E-state index is -0.522. The first-order valence-electron chi connectivity index (χ1n) is 10.8. The van der Waals surface area contributed by atoms with Crippen molar-refractivity contribution >= 4 is 17.5 Å². The third-order valence-electron chi connectivity index (χ3n) is 5.97. The van der Waals surface area contributed by atoms with Crippen LogP contribution in [0.5, 0.6) is 11.5 Å². The highest BCUT2D eigenvalue weighted by Crippen LogP contribution is 2.39. The van der Waals surface area contributed by atoms with Crippen LogP contribution in [-0.4, -0.2) is 61.4 Å². The van der Waals surface area contributed by atoms with Crippen LogP contribution < -0.4 is 4.74 Å². The number of carbonyl (C=O) groups excluding carboxylic acids is 1. The SMILES string of the molecule is COC(=O)C(C)(C)CN1CCN(C2=Nc3ccc(C)cc3Oc3cc(C)ccc32)CC1. The summed E-state index contributed by atoms with van der Waals surface area (Å²) < 4.78 is 11.3. The van der Waals surface area contributed by atoms with Gasteiger partial charge in [0.25, 0.3) is 0 Å². The lowest BCUT2D eigenvalue weighted by atomic mass is 9.92. The maximum absolute atomic E-state index is 12.1. The lowest BCUT2D eigenvalue weighted by Gasteiger charge is -2.39. The number of piperazine rings is 1. The maximum Gasteiger partial charge on any atom is 0.312 e. The van der Waals surface area contributed by atoms with Crippen LogP contribution >= 0.6 is 0 Å². The Labute approximate surface area is 184 Å². The Morgan fingerprint density at radius 3 is 2.35 bits per heavy atom. The molecule has 31 heavy (non-hydrogen) atoms. The summed E-state index contributed by atoms with van der Waals surface area (Å²) in [6.07, 6.45) is 0. The molecule has 0 bridgehead atoms. The van der Waals surface area contributed by atoms with E-state index in [0.717, 1.165) is 65.9 Å². The van der Waals surface area contributed by atoms with Crippen LogP contribution in [0.4, 0.5) is 5.69 Å². The number of aliphatic imine (C=N–C) groups is 1. The van der Waals surface area contributed by atoms with Crippen LogP contribution in [0.25, 0.3) is 0 Å². The van der Waals surface area contributed by atoms with Crippen molar-refractivity contribution in [2.75, 3.05) is 39.8 Å². The fourth-order valence-corrected chi connectivity index (χ4v) is 4.25. The standard InChI is InChI=1S/C25H31N3O3/c1-17-6-8-19-21(14-17)31-22-15-18(2)7-9-20(22)26-23(19)28-12-10-27(11-13-28)16-25(3,4)24(29)30-5/h6-9,14-15H,10-13,16H2,1-5H3. The van der Waals surface area contributed by atoms with E-state index in [0.29, 0.717) is 6.54 Å². The molecular formula is C25H31N3O3. The molecule has 1 saturated heterocycles. The number of methoxy groups -OCH3 is 1. The summed E-state index contributed by atoms with van der Waals surface area (Å²) in [5, 5.41) is 0. The van der Waals surface area contributed by atoms with E-state index in [1.165, 1.54) is 7.11 Å². The average molecular weight is 422 g/mol. The van der Waals surface area contributed by atoms with Crippen molar-refractivity contribution in [1.82, 2.24) is 9.80 Å². The number of amidine groups is 1. The molecule has 0 atom stereocenters. The smallest absolute Gasteiger partial charge is 0.312 e. The van der Waals surface area contributed by atoms with Crippen LogP contribution in [-0.2, 0) is 9.53 Å². The van der Waals surface area contributed by atoms with Gasteiger partial charge in [0.1, 0.15) is 17.3 Å². The van der Waals surface area contributed by atoms with Crippen LogP contribution in [0, 0.1) is 19.3 Å². The quantitative estimate of drug-likeness (QED) is 0.692. The summed E-state index contributed by atoms with van der Waals surface area (Å²) in [6.45, 7) is 12.1. The summed E-state index contributed by atoms with van der Waals surface area (Å²) in [4.78, 5) is 21.8. The van der Waals surface area contributed by atoms with Gasteiger partial charge < -0.3 is 14.4 Å². The summed E-state index contributed by atoms with van der Waals surface area (Å²) in [6, 6.07) is 12.4. The predicted octanol–water partition coefficient (Wildman–Crippen LogP) is 4.30. The largest absolute Gasteiger partial charge is 0.469 e. The van der Waals surface area contributed by atoms with Crippen molar-refractivity contribution < 1.29 is 14.3 Å². The second-order valence-electron chi connectivity index (χ2n) is 9.15.